The van der Waals surface area contributed by atoms with Crippen LogP contribution in [0.1, 0.15) is 50.7 Å². The molecule has 1 unspecified atom stereocenters. The average Bonchev–Trinajstić information content (AvgIpc) is 2.84. The number of nitrogens with zero attached hydrogens (tertiary/aromatic N) is 2. The Morgan fingerprint density at radius 3 is 2.48 bits per heavy atom. The molecular weight excluding hydrogens is 312 g/mol. The number of imide groups is 1. The van der Waals surface area contributed by atoms with Crippen LogP contribution in [0.3, 0.4) is 0 Å². The van der Waals surface area contributed by atoms with Crippen molar-refractivity contribution in [2.24, 2.45) is 5.92 Å². The summed E-state index contributed by atoms with van der Waals surface area (Å²) in [7, 11) is 0. The minimum atomic E-state index is -0.129. The lowest BCUT2D eigenvalue weighted by Gasteiger charge is -2.33. The standard InChI is InChI=1S/C21H28N2O2/c1-4-5-13-23-20(24)18(17-10-8-15(2)9-11-17)19(21(23)25)22-12-6-7-16(3)14-22/h8-11,16H,4-7,12-14H2,1-3H3. The van der Waals surface area contributed by atoms with Crippen LogP contribution in [0.15, 0.2) is 30.0 Å². The third kappa shape index (κ3) is 3.48. The van der Waals surface area contributed by atoms with E-state index in [0.29, 0.717) is 23.7 Å². The van der Waals surface area contributed by atoms with Gasteiger partial charge in [-0.15, -0.1) is 0 Å². The Kier molecular flexibility index (Phi) is 5.26. The number of hydrogen-bond acceptors (Lipinski definition) is 3. The fourth-order valence-corrected chi connectivity index (χ4v) is 3.75. The van der Waals surface area contributed by atoms with E-state index in [4.69, 9.17) is 0 Å². The fraction of sp³-hybridized carbons (Fsp3) is 0.524. The van der Waals surface area contributed by atoms with Gasteiger partial charge in [0.25, 0.3) is 11.8 Å². The first-order valence-electron chi connectivity index (χ1n) is 9.45. The lowest BCUT2D eigenvalue weighted by Crippen LogP contribution is -2.39. The zero-order chi connectivity index (χ0) is 18.0. The molecule has 0 radical (unpaired) electrons. The molecule has 0 bridgehead atoms. The predicted octanol–water partition coefficient (Wildman–Crippen LogP) is 3.61. The van der Waals surface area contributed by atoms with Crippen LogP contribution >= 0.6 is 0 Å². The first-order valence-corrected chi connectivity index (χ1v) is 9.45. The van der Waals surface area contributed by atoms with E-state index < -0.39 is 0 Å². The number of unbranched alkanes of at least 4 members (excludes halogenated alkanes) is 1. The summed E-state index contributed by atoms with van der Waals surface area (Å²) in [5.41, 5.74) is 3.22. The maximum atomic E-state index is 13.1. The Bertz CT molecular complexity index is 690. The molecule has 1 fully saturated rings. The Labute approximate surface area is 150 Å². The highest BCUT2D eigenvalue weighted by atomic mass is 16.2. The molecule has 25 heavy (non-hydrogen) atoms. The second-order valence-corrected chi connectivity index (χ2v) is 7.40. The molecule has 0 saturated carbocycles. The van der Waals surface area contributed by atoms with E-state index in [1.165, 1.54) is 11.3 Å². The van der Waals surface area contributed by atoms with Gasteiger partial charge in [0.05, 0.1) is 5.57 Å². The molecule has 2 amide bonds. The highest BCUT2D eigenvalue weighted by Gasteiger charge is 2.41. The molecule has 1 aromatic rings. The third-order valence-electron chi connectivity index (χ3n) is 5.19. The van der Waals surface area contributed by atoms with Gasteiger partial charge in [-0.3, -0.25) is 14.5 Å². The predicted molar refractivity (Wildman–Crippen MR) is 99.7 cm³/mol. The summed E-state index contributed by atoms with van der Waals surface area (Å²) in [6.45, 7) is 8.54. The van der Waals surface area contributed by atoms with Crippen molar-refractivity contribution in [3.05, 3.63) is 41.1 Å². The number of carbonyl (C=O) groups is 2. The van der Waals surface area contributed by atoms with Crippen molar-refractivity contribution in [1.29, 1.82) is 0 Å². The van der Waals surface area contributed by atoms with E-state index >= 15 is 0 Å². The maximum absolute atomic E-state index is 13.1. The molecule has 0 spiro atoms. The van der Waals surface area contributed by atoms with Gasteiger partial charge >= 0.3 is 0 Å². The number of aryl methyl sites for hydroxylation is 1. The molecule has 2 aliphatic heterocycles. The van der Waals surface area contributed by atoms with Gasteiger partial charge in [-0.25, -0.2) is 0 Å². The van der Waals surface area contributed by atoms with Crippen LogP contribution in [-0.2, 0) is 9.59 Å². The van der Waals surface area contributed by atoms with Crippen LogP contribution in [0.4, 0.5) is 0 Å². The van der Waals surface area contributed by atoms with Crippen LogP contribution in [0.2, 0.25) is 0 Å². The molecule has 3 rings (SSSR count). The van der Waals surface area contributed by atoms with Crippen molar-refractivity contribution >= 4 is 17.4 Å². The van der Waals surface area contributed by atoms with Gasteiger partial charge in [0, 0.05) is 19.6 Å². The van der Waals surface area contributed by atoms with E-state index in [0.717, 1.165) is 43.5 Å². The molecule has 1 atom stereocenters. The van der Waals surface area contributed by atoms with E-state index in [1.54, 1.807) is 0 Å². The van der Waals surface area contributed by atoms with Gasteiger partial charge in [-0.05, 0) is 37.7 Å². The largest absolute Gasteiger partial charge is 0.366 e. The van der Waals surface area contributed by atoms with Crippen molar-refractivity contribution in [2.75, 3.05) is 19.6 Å². The average molecular weight is 340 g/mol. The normalized spacial score (nSPS) is 21.5. The molecule has 2 heterocycles. The number of likely N-dealkylation sites (tertiary alicyclic amines) is 1. The SMILES string of the molecule is CCCCN1C(=O)C(c2ccc(C)cc2)=C(N2CCCC(C)C2)C1=O. The molecule has 134 valence electrons. The topological polar surface area (TPSA) is 40.6 Å². The molecule has 2 aliphatic rings. The van der Waals surface area contributed by atoms with Crippen LogP contribution in [0.5, 0.6) is 0 Å². The van der Waals surface area contributed by atoms with Gasteiger partial charge < -0.3 is 4.90 Å². The number of amides is 2. The maximum Gasteiger partial charge on any atom is 0.277 e. The molecular formula is C21H28N2O2. The van der Waals surface area contributed by atoms with Crippen LogP contribution in [0, 0.1) is 12.8 Å². The number of carbonyl (C=O) groups excluding carboxylic acids is 2. The summed E-state index contributed by atoms with van der Waals surface area (Å²) in [6.07, 6.45) is 4.07. The summed E-state index contributed by atoms with van der Waals surface area (Å²) in [5, 5.41) is 0. The lowest BCUT2D eigenvalue weighted by molar-refractivity contribution is -0.137. The minimum Gasteiger partial charge on any atom is -0.366 e. The molecule has 4 nitrogen and oxygen atoms in total. The Hall–Kier alpha value is -2.10. The summed E-state index contributed by atoms with van der Waals surface area (Å²) >= 11 is 0. The number of piperidine rings is 1. The van der Waals surface area contributed by atoms with Gasteiger partial charge in [0.1, 0.15) is 5.70 Å². The summed E-state index contributed by atoms with van der Waals surface area (Å²) in [6, 6.07) is 7.94. The smallest absolute Gasteiger partial charge is 0.277 e. The van der Waals surface area contributed by atoms with Crippen LogP contribution in [-0.4, -0.2) is 41.2 Å². The second-order valence-electron chi connectivity index (χ2n) is 7.40. The zero-order valence-electron chi connectivity index (χ0n) is 15.5. The summed E-state index contributed by atoms with van der Waals surface area (Å²) < 4.78 is 0. The zero-order valence-corrected chi connectivity index (χ0v) is 15.5. The van der Waals surface area contributed by atoms with Crippen LogP contribution < -0.4 is 0 Å². The third-order valence-corrected chi connectivity index (χ3v) is 5.19. The van der Waals surface area contributed by atoms with E-state index in [1.807, 2.05) is 31.2 Å². The van der Waals surface area contributed by atoms with Gasteiger partial charge in [-0.2, -0.15) is 0 Å². The summed E-state index contributed by atoms with van der Waals surface area (Å²) in [4.78, 5) is 29.7. The Morgan fingerprint density at radius 2 is 1.84 bits per heavy atom. The van der Waals surface area contributed by atoms with Crippen molar-refractivity contribution in [3.8, 4) is 0 Å². The van der Waals surface area contributed by atoms with Gasteiger partial charge in [0.15, 0.2) is 0 Å². The molecule has 0 aromatic heterocycles. The highest BCUT2D eigenvalue weighted by molar-refractivity contribution is 6.35. The van der Waals surface area contributed by atoms with Crippen molar-refractivity contribution in [2.45, 2.75) is 46.5 Å². The van der Waals surface area contributed by atoms with E-state index in [9.17, 15) is 9.59 Å². The Morgan fingerprint density at radius 1 is 1.12 bits per heavy atom. The van der Waals surface area contributed by atoms with Crippen molar-refractivity contribution < 1.29 is 9.59 Å². The second kappa shape index (κ2) is 7.42. The highest BCUT2D eigenvalue weighted by Crippen LogP contribution is 2.34. The number of rotatable bonds is 5. The molecule has 1 aromatic carbocycles. The first-order chi connectivity index (χ1) is 12.0. The summed E-state index contributed by atoms with van der Waals surface area (Å²) in [5.74, 6) is 0.312. The lowest BCUT2D eigenvalue weighted by atomic mass is 9.97. The molecule has 1 saturated heterocycles. The van der Waals surface area contributed by atoms with Gasteiger partial charge in [0.2, 0.25) is 0 Å². The van der Waals surface area contributed by atoms with E-state index in [-0.39, 0.29) is 11.8 Å². The molecule has 4 heteroatoms. The molecule has 0 N–H and O–H groups in total. The first kappa shape index (κ1) is 17.7. The number of benzene rings is 1. The minimum absolute atomic E-state index is 0.108. The van der Waals surface area contributed by atoms with Crippen molar-refractivity contribution in [1.82, 2.24) is 9.80 Å². The Balaban J connectivity index is 2.02. The monoisotopic (exact) mass is 340 g/mol. The van der Waals surface area contributed by atoms with Crippen molar-refractivity contribution in [3.63, 3.8) is 0 Å². The van der Waals surface area contributed by atoms with E-state index in [2.05, 4.69) is 18.7 Å². The van der Waals surface area contributed by atoms with Gasteiger partial charge in [-0.1, -0.05) is 50.1 Å². The fourth-order valence-electron chi connectivity index (χ4n) is 3.75. The number of hydrogen-bond donors (Lipinski definition) is 0. The molecule has 0 aliphatic carbocycles. The van der Waals surface area contributed by atoms with Crippen LogP contribution in [0.25, 0.3) is 5.57 Å². The quantitative estimate of drug-likeness (QED) is 0.769.